The van der Waals surface area contributed by atoms with Crippen LogP contribution in [0.15, 0.2) is 54.7 Å². The third-order valence-electron chi connectivity index (χ3n) is 5.30. The van der Waals surface area contributed by atoms with Gasteiger partial charge in [0.05, 0.1) is 24.4 Å². The first-order valence-corrected chi connectivity index (χ1v) is 11.1. The van der Waals surface area contributed by atoms with Crippen LogP contribution in [-0.2, 0) is 0 Å². The highest BCUT2D eigenvalue weighted by atomic mass is 16.5. The van der Waals surface area contributed by atoms with E-state index in [0.29, 0.717) is 36.8 Å². The third-order valence-corrected chi connectivity index (χ3v) is 5.30. The number of hydrogen-bond donors (Lipinski definition) is 2. The first kappa shape index (κ1) is 23.1. The molecule has 0 saturated carbocycles. The summed E-state index contributed by atoms with van der Waals surface area (Å²) in [6.07, 6.45) is 1.80. The van der Waals surface area contributed by atoms with Crippen LogP contribution in [0.5, 0.6) is 11.5 Å². The van der Waals surface area contributed by atoms with Gasteiger partial charge in [-0.1, -0.05) is 26.0 Å². The highest BCUT2D eigenvalue weighted by Crippen LogP contribution is 2.38. The van der Waals surface area contributed by atoms with E-state index in [1.165, 1.54) is 6.07 Å². The molecule has 0 bridgehead atoms. The van der Waals surface area contributed by atoms with Crippen molar-refractivity contribution in [2.24, 2.45) is 5.92 Å². The van der Waals surface area contributed by atoms with Crippen molar-refractivity contribution in [3.05, 3.63) is 71.4 Å². The fourth-order valence-electron chi connectivity index (χ4n) is 3.64. The molecule has 3 aromatic rings. The first-order valence-electron chi connectivity index (χ1n) is 11.1. The van der Waals surface area contributed by atoms with Gasteiger partial charge in [-0.2, -0.15) is 0 Å². The lowest BCUT2D eigenvalue weighted by Crippen LogP contribution is -2.30. The molecule has 1 aromatic heterocycles. The number of aromatic carboxylic acids is 1. The zero-order valence-electron chi connectivity index (χ0n) is 19.4. The molecule has 0 unspecified atom stereocenters. The highest BCUT2D eigenvalue weighted by Gasteiger charge is 2.26. The van der Waals surface area contributed by atoms with E-state index in [4.69, 9.17) is 9.47 Å². The number of nitrogens with zero attached hydrogens (tertiary/aromatic N) is 2. The molecule has 176 valence electrons. The van der Waals surface area contributed by atoms with E-state index in [9.17, 15) is 14.7 Å². The Balaban J connectivity index is 1.60. The van der Waals surface area contributed by atoms with Gasteiger partial charge in [-0.3, -0.25) is 4.79 Å². The fourth-order valence-corrected chi connectivity index (χ4v) is 3.64. The van der Waals surface area contributed by atoms with Gasteiger partial charge in [0.25, 0.3) is 5.91 Å². The summed E-state index contributed by atoms with van der Waals surface area (Å²) in [5.41, 5.74) is 2.50. The molecule has 0 aliphatic carbocycles. The van der Waals surface area contributed by atoms with E-state index in [2.05, 4.69) is 10.3 Å². The van der Waals surface area contributed by atoms with Gasteiger partial charge in [0.1, 0.15) is 23.7 Å². The standard InChI is InChI=1S/C26H27N3O5/c1-16(2)15-34-22-9-8-18(13-20(22)26(31)32)28-25(30)19-5-4-6-21-24(19)33-12-11-29(21)23-10-7-17(3)14-27-23/h4-10,13-14,16H,11-12,15H2,1-3H3,(H,28,30)(H,31,32). The van der Waals surface area contributed by atoms with Gasteiger partial charge in [-0.15, -0.1) is 0 Å². The van der Waals surface area contributed by atoms with Crippen LogP contribution in [0.4, 0.5) is 17.2 Å². The van der Waals surface area contributed by atoms with Crippen LogP contribution in [-0.4, -0.2) is 41.7 Å². The molecule has 34 heavy (non-hydrogen) atoms. The van der Waals surface area contributed by atoms with Gasteiger partial charge in [-0.25, -0.2) is 9.78 Å². The Hall–Kier alpha value is -4.07. The molecule has 2 heterocycles. The SMILES string of the molecule is Cc1ccc(N2CCOc3c(C(=O)Nc4ccc(OCC(C)C)c(C(=O)O)c4)cccc32)nc1. The molecule has 0 saturated heterocycles. The largest absolute Gasteiger partial charge is 0.492 e. The van der Waals surface area contributed by atoms with E-state index < -0.39 is 11.9 Å². The maximum absolute atomic E-state index is 13.2. The summed E-state index contributed by atoms with van der Waals surface area (Å²) < 4.78 is 11.5. The average Bonchev–Trinajstić information content (AvgIpc) is 2.82. The minimum absolute atomic E-state index is 0.0126. The predicted octanol–water partition coefficient (Wildman–Crippen LogP) is 4.91. The molecular formula is C26H27N3O5. The van der Waals surface area contributed by atoms with E-state index in [-0.39, 0.29) is 17.2 Å². The average molecular weight is 462 g/mol. The summed E-state index contributed by atoms with van der Waals surface area (Å²) in [4.78, 5) is 31.4. The summed E-state index contributed by atoms with van der Waals surface area (Å²) in [5.74, 6) is 0.222. The molecule has 2 aromatic carbocycles. The van der Waals surface area contributed by atoms with Crippen molar-refractivity contribution in [2.75, 3.05) is 30.0 Å². The number of fused-ring (bicyclic) bond motifs is 1. The summed E-state index contributed by atoms with van der Waals surface area (Å²) in [5, 5.41) is 12.4. The summed E-state index contributed by atoms with van der Waals surface area (Å²) >= 11 is 0. The second-order valence-corrected chi connectivity index (χ2v) is 8.52. The van der Waals surface area contributed by atoms with Crippen molar-refractivity contribution in [3.63, 3.8) is 0 Å². The fraction of sp³-hybridized carbons (Fsp3) is 0.269. The Labute approximate surface area is 198 Å². The number of carboxylic acid groups (broad SMARTS) is 1. The van der Waals surface area contributed by atoms with Gasteiger partial charge in [0.15, 0.2) is 5.75 Å². The molecule has 1 amide bonds. The van der Waals surface area contributed by atoms with Gasteiger partial charge in [0, 0.05) is 11.9 Å². The second kappa shape index (κ2) is 9.82. The van der Waals surface area contributed by atoms with Crippen molar-refractivity contribution in [1.82, 2.24) is 4.98 Å². The number of carbonyl (C=O) groups excluding carboxylic acids is 1. The van der Waals surface area contributed by atoms with Crippen LogP contribution >= 0.6 is 0 Å². The number of benzene rings is 2. The van der Waals surface area contributed by atoms with Crippen LogP contribution in [0.2, 0.25) is 0 Å². The van der Waals surface area contributed by atoms with Crippen molar-refractivity contribution in [3.8, 4) is 11.5 Å². The van der Waals surface area contributed by atoms with E-state index in [1.54, 1.807) is 30.5 Å². The van der Waals surface area contributed by atoms with Crippen LogP contribution < -0.4 is 19.7 Å². The Kier molecular flexibility index (Phi) is 6.67. The Bertz CT molecular complexity index is 1210. The lowest BCUT2D eigenvalue weighted by atomic mass is 10.1. The Morgan fingerprint density at radius 3 is 2.71 bits per heavy atom. The van der Waals surface area contributed by atoms with Crippen molar-refractivity contribution < 1.29 is 24.2 Å². The first-order chi connectivity index (χ1) is 16.3. The smallest absolute Gasteiger partial charge is 0.339 e. The van der Waals surface area contributed by atoms with Crippen LogP contribution in [0.25, 0.3) is 0 Å². The maximum Gasteiger partial charge on any atom is 0.339 e. The molecular weight excluding hydrogens is 434 g/mol. The molecule has 0 fully saturated rings. The van der Waals surface area contributed by atoms with E-state index in [0.717, 1.165) is 17.1 Å². The number of anilines is 3. The van der Waals surface area contributed by atoms with Crippen molar-refractivity contribution >= 4 is 29.1 Å². The quantitative estimate of drug-likeness (QED) is 0.516. The van der Waals surface area contributed by atoms with Gasteiger partial charge < -0.3 is 24.8 Å². The highest BCUT2D eigenvalue weighted by molar-refractivity contribution is 6.08. The number of para-hydroxylation sites is 1. The zero-order chi connectivity index (χ0) is 24.2. The minimum Gasteiger partial charge on any atom is -0.492 e. The molecule has 0 radical (unpaired) electrons. The topological polar surface area (TPSA) is 101 Å². The van der Waals surface area contributed by atoms with Crippen LogP contribution in [0, 0.1) is 12.8 Å². The zero-order valence-corrected chi connectivity index (χ0v) is 19.4. The number of ether oxygens (including phenoxy) is 2. The number of aryl methyl sites for hydroxylation is 1. The Morgan fingerprint density at radius 2 is 2.00 bits per heavy atom. The Morgan fingerprint density at radius 1 is 1.18 bits per heavy atom. The second-order valence-electron chi connectivity index (χ2n) is 8.52. The lowest BCUT2D eigenvalue weighted by molar-refractivity contribution is 0.0691. The third kappa shape index (κ3) is 4.96. The number of amides is 1. The monoisotopic (exact) mass is 461 g/mol. The summed E-state index contributed by atoms with van der Waals surface area (Å²) in [6, 6.07) is 13.9. The summed E-state index contributed by atoms with van der Waals surface area (Å²) in [6.45, 7) is 7.34. The maximum atomic E-state index is 13.2. The molecule has 0 atom stereocenters. The molecule has 1 aliphatic heterocycles. The predicted molar refractivity (Wildman–Crippen MR) is 130 cm³/mol. The number of hydrogen-bond acceptors (Lipinski definition) is 6. The minimum atomic E-state index is -1.13. The number of carboxylic acids is 1. The molecule has 8 heteroatoms. The number of pyridine rings is 1. The van der Waals surface area contributed by atoms with E-state index in [1.807, 2.05) is 43.9 Å². The van der Waals surface area contributed by atoms with Crippen LogP contribution in [0.3, 0.4) is 0 Å². The molecule has 4 rings (SSSR count). The number of rotatable bonds is 7. The molecule has 8 nitrogen and oxygen atoms in total. The van der Waals surface area contributed by atoms with Crippen LogP contribution in [0.1, 0.15) is 40.1 Å². The number of carbonyl (C=O) groups is 2. The van der Waals surface area contributed by atoms with E-state index >= 15 is 0 Å². The molecule has 2 N–H and O–H groups in total. The van der Waals surface area contributed by atoms with Crippen molar-refractivity contribution in [2.45, 2.75) is 20.8 Å². The number of aromatic nitrogens is 1. The normalized spacial score (nSPS) is 12.6. The molecule has 1 aliphatic rings. The lowest BCUT2D eigenvalue weighted by Gasteiger charge is -2.31. The van der Waals surface area contributed by atoms with Gasteiger partial charge >= 0.3 is 5.97 Å². The number of nitrogens with one attached hydrogen (secondary N) is 1. The van der Waals surface area contributed by atoms with Gasteiger partial charge in [-0.05, 0) is 54.8 Å². The van der Waals surface area contributed by atoms with Crippen molar-refractivity contribution in [1.29, 1.82) is 0 Å². The summed E-state index contributed by atoms with van der Waals surface area (Å²) in [7, 11) is 0. The van der Waals surface area contributed by atoms with Gasteiger partial charge in [0.2, 0.25) is 0 Å². The molecule has 0 spiro atoms.